The SMILES string of the molecule is CC1CCS(=O)(=O)CCN1C(=O)c1cc(F)ccc1-c1ccoc1. The minimum Gasteiger partial charge on any atom is -0.472 e. The van der Waals surface area contributed by atoms with Crippen LogP contribution in [0.3, 0.4) is 0 Å². The van der Waals surface area contributed by atoms with Gasteiger partial charge >= 0.3 is 0 Å². The van der Waals surface area contributed by atoms with Crippen molar-refractivity contribution in [3.8, 4) is 11.1 Å². The van der Waals surface area contributed by atoms with E-state index in [9.17, 15) is 17.6 Å². The van der Waals surface area contributed by atoms with Crippen molar-refractivity contribution in [2.45, 2.75) is 19.4 Å². The maximum atomic E-state index is 13.7. The molecule has 7 heteroatoms. The Hall–Kier alpha value is -2.15. The molecule has 1 fully saturated rings. The van der Waals surface area contributed by atoms with Crippen molar-refractivity contribution >= 4 is 15.7 Å². The summed E-state index contributed by atoms with van der Waals surface area (Å²) >= 11 is 0. The molecule has 0 bridgehead atoms. The Morgan fingerprint density at radius 3 is 2.79 bits per heavy atom. The summed E-state index contributed by atoms with van der Waals surface area (Å²) in [4.78, 5) is 14.5. The molecule has 1 aliphatic rings. The number of carbonyl (C=O) groups excluding carboxylic acids is 1. The maximum absolute atomic E-state index is 13.7. The van der Waals surface area contributed by atoms with Gasteiger partial charge in [-0.2, -0.15) is 0 Å². The van der Waals surface area contributed by atoms with Crippen LogP contribution in [0, 0.1) is 5.82 Å². The Morgan fingerprint density at radius 2 is 2.08 bits per heavy atom. The molecule has 1 aromatic heterocycles. The fourth-order valence-corrected chi connectivity index (χ4v) is 4.26. The molecular weight excluding hydrogens is 333 g/mol. The molecule has 0 aliphatic carbocycles. The summed E-state index contributed by atoms with van der Waals surface area (Å²) in [6.45, 7) is 1.93. The highest BCUT2D eigenvalue weighted by atomic mass is 32.2. The van der Waals surface area contributed by atoms with Gasteiger partial charge in [0, 0.05) is 18.2 Å². The van der Waals surface area contributed by atoms with E-state index in [-0.39, 0.29) is 35.6 Å². The number of amides is 1. The third-order valence-electron chi connectivity index (χ3n) is 4.33. The monoisotopic (exact) mass is 351 g/mol. The van der Waals surface area contributed by atoms with Gasteiger partial charge in [-0.15, -0.1) is 0 Å². The average Bonchev–Trinajstić information content (AvgIpc) is 3.02. The topological polar surface area (TPSA) is 67.6 Å². The Kier molecular flexibility index (Phi) is 4.45. The molecule has 2 heterocycles. The van der Waals surface area contributed by atoms with E-state index in [2.05, 4.69) is 0 Å². The van der Waals surface area contributed by atoms with E-state index >= 15 is 0 Å². The van der Waals surface area contributed by atoms with Crippen molar-refractivity contribution in [1.29, 1.82) is 0 Å². The van der Waals surface area contributed by atoms with Gasteiger partial charge in [-0.1, -0.05) is 6.07 Å². The lowest BCUT2D eigenvalue weighted by Gasteiger charge is -2.27. The summed E-state index contributed by atoms with van der Waals surface area (Å²) in [5.74, 6) is -0.884. The van der Waals surface area contributed by atoms with Crippen molar-refractivity contribution in [3.63, 3.8) is 0 Å². The van der Waals surface area contributed by atoms with E-state index in [0.29, 0.717) is 17.5 Å². The molecule has 1 unspecified atom stereocenters. The van der Waals surface area contributed by atoms with Crippen LogP contribution in [0.1, 0.15) is 23.7 Å². The van der Waals surface area contributed by atoms with Gasteiger partial charge in [-0.3, -0.25) is 4.79 Å². The van der Waals surface area contributed by atoms with Crippen molar-refractivity contribution in [2.24, 2.45) is 0 Å². The first-order valence-corrected chi connectivity index (χ1v) is 9.53. The second-order valence-electron chi connectivity index (χ2n) is 5.99. The number of furan rings is 1. The molecule has 5 nitrogen and oxygen atoms in total. The summed E-state index contributed by atoms with van der Waals surface area (Å²) in [5.41, 5.74) is 1.45. The highest BCUT2D eigenvalue weighted by Crippen LogP contribution is 2.27. The van der Waals surface area contributed by atoms with E-state index in [0.717, 1.165) is 0 Å². The molecule has 0 radical (unpaired) electrons. The van der Waals surface area contributed by atoms with Gasteiger partial charge in [0.15, 0.2) is 9.84 Å². The summed E-state index contributed by atoms with van der Waals surface area (Å²) < 4.78 is 42.4. The number of nitrogens with zero attached hydrogens (tertiary/aromatic N) is 1. The van der Waals surface area contributed by atoms with Crippen LogP contribution in [-0.2, 0) is 9.84 Å². The number of benzene rings is 1. The number of rotatable bonds is 2. The van der Waals surface area contributed by atoms with E-state index in [1.807, 2.05) is 6.92 Å². The number of hydrogen-bond donors (Lipinski definition) is 0. The van der Waals surface area contributed by atoms with Crippen LogP contribution in [-0.4, -0.2) is 43.3 Å². The van der Waals surface area contributed by atoms with Crippen LogP contribution in [0.2, 0.25) is 0 Å². The number of hydrogen-bond acceptors (Lipinski definition) is 4. The van der Waals surface area contributed by atoms with Crippen LogP contribution in [0.25, 0.3) is 11.1 Å². The van der Waals surface area contributed by atoms with Crippen LogP contribution in [0.15, 0.2) is 41.2 Å². The standard InChI is InChI=1S/C17H18FNO4S/c1-12-5-8-24(21,22)9-6-19(12)17(20)16-10-14(18)2-3-15(16)13-4-7-23-11-13/h2-4,7,10-12H,5-6,8-9H2,1H3. The Morgan fingerprint density at radius 1 is 1.29 bits per heavy atom. The molecule has 24 heavy (non-hydrogen) atoms. The second kappa shape index (κ2) is 6.39. The molecule has 1 atom stereocenters. The van der Waals surface area contributed by atoms with Crippen molar-refractivity contribution in [3.05, 3.63) is 48.2 Å². The molecule has 2 aromatic rings. The zero-order valence-electron chi connectivity index (χ0n) is 13.2. The largest absolute Gasteiger partial charge is 0.472 e. The Labute approximate surface area is 140 Å². The van der Waals surface area contributed by atoms with E-state index in [4.69, 9.17) is 4.42 Å². The Bertz CT molecular complexity index is 845. The van der Waals surface area contributed by atoms with Gasteiger partial charge in [-0.25, -0.2) is 12.8 Å². The highest BCUT2D eigenvalue weighted by Gasteiger charge is 2.29. The van der Waals surface area contributed by atoms with Crippen molar-refractivity contribution in [1.82, 2.24) is 4.90 Å². The van der Waals surface area contributed by atoms with E-state index < -0.39 is 15.7 Å². The number of carbonyl (C=O) groups is 1. The number of halogens is 1. The average molecular weight is 351 g/mol. The fourth-order valence-electron chi connectivity index (χ4n) is 2.89. The summed E-state index contributed by atoms with van der Waals surface area (Å²) in [6.07, 6.45) is 3.35. The van der Waals surface area contributed by atoms with Gasteiger partial charge < -0.3 is 9.32 Å². The molecule has 1 saturated heterocycles. The molecule has 128 valence electrons. The van der Waals surface area contributed by atoms with Crippen LogP contribution < -0.4 is 0 Å². The minimum absolute atomic E-state index is 0.0652. The second-order valence-corrected chi connectivity index (χ2v) is 8.29. The van der Waals surface area contributed by atoms with Crippen molar-refractivity contribution in [2.75, 3.05) is 18.1 Å². The van der Waals surface area contributed by atoms with Gasteiger partial charge in [0.25, 0.3) is 5.91 Å². The van der Waals surface area contributed by atoms with Crippen LogP contribution in [0.4, 0.5) is 4.39 Å². The zero-order valence-corrected chi connectivity index (χ0v) is 14.1. The first kappa shape index (κ1) is 16.7. The molecule has 0 spiro atoms. The Balaban J connectivity index is 1.99. The quantitative estimate of drug-likeness (QED) is 0.834. The molecule has 0 saturated carbocycles. The minimum atomic E-state index is -3.15. The van der Waals surface area contributed by atoms with Gasteiger partial charge in [0.05, 0.1) is 29.6 Å². The lowest BCUT2D eigenvalue weighted by Crippen LogP contribution is -2.39. The highest BCUT2D eigenvalue weighted by molar-refractivity contribution is 7.91. The summed E-state index contributed by atoms with van der Waals surface area (Å²) in [7, 11) is -3.15. The lowest BCUT2D eigenvalue weighted by atomic mass is 10.00. The van der Waals surface area contributed by atoms with Gasteiger partial charge in [0.1, 0.15) is 5.82 Å². The first-order valence-electron chi connectivity index (χ1n) is 7.71. The van der Waals surface area contributed by atoms with Crippen LogP contribution in [0.5, 0.6) is 0 Å². The van der Waals surface area contributed by atoms with E-state index in [1.54, 1.807) is 6.07 Å². The fraction of sp³-hybridized carbons (Fsp3) is 0.353. The number of sulfone groups is 1. The molecule has 0 N–H and O–H groups in total. The summed E-state index contributed by atoms with van der Waals surface area (Å²) in [6, 6.07) is 5.48. The van der Waals surface area contributed by atoms with E-state index in [1.165, 1.54) is 35.6 Å². The molecule has 1 aromatic carbocycles. The first-order chi connectivity index (χ1) is 11.4. The van der Waals surface area contributed by atoms with Gasteiger partial charge in [-0.05, 0) is 37.1 Å². The maximum Gasteiger partial charge on any atom is 0.254 e. The van der Waals surface area contributed by atoms with Crippen LogP contribution >= 0.6 is 0 Å². The smallest absolute Gasteiger partial charge is 0.254 e. The predicted molar refractivity (Wildman–Crippen MR) is 87.9 cm³/mol. The lowest BCUT2D eigenvalue weighted by molar-refractivity contribution is 0.0706. The molecular formula is C17H18FNO4S. The normalized spacial score (nSPS) is 20.6. The van der Waals surface area contributed by atoms with Gasteiger partial charge in [0.2, 0.25) is 0 Å². The molecule has 1 amide bonds. The third-order valence-corrected chi connectivity index (χ3v) is 5.99. The molecule has 1 aliphatic heterocycles. The zero-order chi connectivity index (χ0) is 17.3. The molecule has 3 rings (SSSR count). The predicted octanol–water partition coefficient (Wildman–Crippen LogP) is 2.73. The summed E-state index contributed by atoms with van der Waals surface area (Å²) in [5, 5.41) is 0. The third kappa shape index (κ3) is 3.36. The van der Waals surface area contributed by atoms with Crippen molar-refractivity contribution < 1.29 is 22.0 Å².